The van der Waals surface area contributed by atoms with Crippen LogP contribution in [0.1, 0.15) is 12.8 Å². The van der Waals surface area contributed by atoms with E-state index in [0.717, 1.165) is 6.07 Å². The molecule has 5 N–H and O–H groups in total. The highest BCUT2D eigenvalue weighted by molar-refractivity contribution is 5.93. The maximum Gasteiger partial charge on any atom is 0.224 e. The first-order valence-corrected chi connectivity index (χ1v) is 4.79. The average Bonchev–Trinajstić information content (AvgIpc) is 2.27. The Hall–Kier alpha value is -1.69. The Morgan fingerprint density at radius 1 is 1.38 bits per heavy atom. The highest BCUT2D eigenvalue weighted by Gasteiger charge is 2.13. The van der Waals surface area contributed by atoms with Gasteiger partial charge in [-0.3, -0.25) is 4.79 Å². The van der Waals surface area contributed by atoms with Crippen LogP contribution in [0.5, 0.6) is 0 Å². The highest BCUT2D eigenvalue weighted by atomic mass is 19.2. The molecule has 0 unspecified atom stereocenters. The summed E-state index contributed by atoms with van der Waals surface area (Å²) < 4.78 is 26.1. The van der Waals surface area contributed by atoms with Crippen molar-refractivity contribution in [2.75, 3.05) is 17.6 Å². The second-order valence-corrected chi connectivity index (χ2v) is 3.27. The summed E-state index contributed by atoms with van der Waals surface area (Å²) in [7, 11) is 0. The van der Waals surface area contributed by atoms with Crippen LogP contribution in [0, 0.1) is 11.6 Å². The molecule has 0 spiro atoms. The van der Waals surface area contributed by atoms with Gasteiger partial charge in [-0.15, -0.1) is 0 Å². The zero-order valence-electron chi connectivity index (χ0n) is 8.59. The Morgan fingerprint density at radius 2 is 2.06 bits per heavy atom. The lowest BCUT2D eigenvalue weighted by Crippen LogP contribution is -2.16. The summed E-state index contributed by atoms with van der Waals surface area (Å²) in [5, 5.41) is 2.22. The highest BCUT2D eigenvalue weighted by Crippen LogP contribution is 2.24. The molecule has 0 atom stereocenters. The molecule has 0 heterocycles. The molecule has 0 bridgehead atoms. The van der Waals surface area contributed by atoms with Crippen molar-refractivity contribution < 1.29 is 13.6 Å². The van der Waals surface area contributed by atoms with Gasteiger partial charge < -0.3 is 16.8 Å². The van der Waals surface area contributed by atoms with E-state index in [4.69, 9.17) is 11.5 Å². The maximum atomic E-state index is 13.3. The van der Waals surface area contributed by atoms with Crippen molar-refractivity contribution in [3.63, 3.8) is 0 Å². The molecule has 6 heteroatoms. The third kappa shape index (κ3) is 2.90. The van der Waals surface area contributed by atoms with Gasteiger partial charge in [0.05, 0.1) is 5.69 Å². The van der Waals surface area contributed by atoms with Gasteiger partial charge in [0.25, 0.3) is 0 Å². The molecule has 0 saturated heterocycles. The van der Waals surface area contributed by atoms with Gasteiger partial charge in [-0.05, 0) is 25.1 Å². The fourth-order valence-corrected chi connectivity index (χ4v) is 1.16. The maximum absolute atomic E-state index is 13.3. The van der Waals surface area contributed by atoms with E-state index >= 15 is 0 Å². The number of anilines is 2. The van der Waals surface area contributed by atoms with E-state index in [1.165, 1.54) is 6.07 Å². The zero-order valence-corrected chi connectivity index (χ0v) is 8.59. The topological polar surface area (TPSA) is 81.1 Å². The molecule has 16 heavy (non-hydrogen) atoms. The van der Waals surface area contributed by atoms with Crippen molar-refractivity contribution >= 4 is 17.3 Å². The van der Waals surface area contributed by atoms with Gasteiger partial charge in [0.15, 0.2) is 11.6 Å². The number of hydrogen-bond acceptors (Lipinski definition) is 3. The van der Waals surface area contributed by atoms with Crippen LogP contribution >= 0.6 is 0 Å². The van der Waals surface area contributed by atoms with Crippen molar-refractivity contribution in [1.29, 1.82) is 0 Å². The molecule has 88 valence electrons. The second kappa shape index (κ2) is 5.41. The van der Waals surface area contributed by atoms with Gasteiger partial charge in [0.2, 0.25) is 5.91 Å². The molecule has 0 aliphatic heterocycles. The van der Waals surface area contributed by atoms with Crippen LogP contribution in [0.15, 0.2) is 12.1 Å². The Morgan fingerprint density at radius 3 is 2.69 bits per heavy atom. The van der Waals surface area contributed by atoms with E-state index in [-0.39, 0.29) is 17.8 Å². The summed E-state index contributed by atoms with van der Waals surface area (Å²) >= 11 is 0. The van der Waals surface area contributed by atoms with E-state index in [0.29, 0.717) is 13.0 Å². The predicted octanol–water partition coefficient (Wildman–Crippen LogP) is 1.22. The number of benzene rings is 1. The van der Waals surface area contributed by atoms with Gasteiger partial charge in [0.1, 0.15) is 5.69 Å². The third-order valence-corrected chi connectivity index (χ3v) is 2.00. The first kappa shape index (κ1) is 12.4. The molecular formula is C10H13F2N3O. The van der Waals surface area contributed by atoms with Gasteiger partial charge in [-0.2, -0.15) is 0 Å². The van der Waals surface area contributed by atoms with Crippen LogP contribution in [0.25, 0.3) is 0 Å². The number of carbonyl (C=O) groups excluding carboxylic acids is 1. The predicted molar refractivity (Wildman–Crippen MR) is 57.7 cm³/mol. The van der Waals surface area contributed by atoms with Gasteiger partial charge >= 0.3 is 0 Å². The molecule has 1 rings (SSSR count). The third-order valence-electron chi connectivity index (χ3n) is 2.00. The minimum absolute atomic E-state index is 0.0139. The molecule has 0 radical (unpaired) electrons. The Balaban J connectivity index is 2.80. The van der Waals surface area contributed by atoms with Crippen molar-refractivity contribution in [1.82, 2.24) is 0 Å². The largest absolute Gasteiger partial charge is 0.397 e. The van der Waals surface area contributed by atoms with Crippen molar-refractivity contribution in [2.24, 2.45) is 5.73 Å². The number of carbonyl (C=O) groups is 1. The molecule has 0 aromatic heterocycles. The first-order chi connectivity index (χ1) is 7.56. The van der Waals surface area contributed by atoms with Gasteiger partial charge in [-0.25, -0.2) is 8.78 Å². The second-order valence-electron chi connectivity index (χ2n) is 3.27. The number of rotatable bonds is 4. The SMILES string of the molecule is NCCCC(=O)Nc1c(N)ccc(F)c1F. The van der Waals surface area contributed by atoms with E-state index < -0.39 is 17.5 Å². The first-order valence-electron chi connectivity index (χ1n) is 4.79. The molecule has 4 nitrogen and oxygen atoms in total. The molecule has 0 aliphatic rings. The van der Waals surface area contributed by atoms with E-state index in [1.807, 2.05) is 0 Å². The molecule has 1 aromatic rings. The summed E-state index contributed by atoms with van der Waals surface area (Å²) in [6, 6.07) is 2.09. The number of halogens is 2. The molecule has 1 aromatic carbocycles. The standard InChI is InChI=1S/C10H13F2N3O/c11-6-3-4-7(14)10(9(6)12)15-8(16)2-1-5-13/h3-4H,1-2,5,13-14H2,(H,15,16). The van der Waals surface area contributed by atoms with Gasteiger partial charge in [0, 0.05) is 6.42 Å². The minimum Gasteiger partial charge on any atom is -0.397 e. The number of nitrogen functional groups attached to an aromatic ring is 1. The van der Waals surface area contributed by atoms with E-state index in [9.17, 15) is 13.6 Å². The van der Waals surface area contributed by atoms with Crippen LogP contribution in [0.2, 0.25) is 0 Å². The van der Waals surface area contributed by atoms with Crippen LogP contribution in [0.4, 0.5) is 20.2 Å². The molecule has 0 saturated carbocycles. The normalized spacial score (nSPS) is 10.2. The van der Waals surface area contributed by atoms with Crippen molar-refractivity contribution in [3.05, 3.63) is 23.8 Å². The zero-order chi connectivity index (χ0) is 12.1. The summed E-state index contributed by atoms with van der Waals surface area (Å²) in [5.41, 5.74) is 10.3. The quantitative estimate of drug-likeness (QED) is 0.679. The molecule has 0 fully saturated rings. The number of hydrogen-bond donors (Lipinski definition) is 3. The molecule has 1 amide bonds. The number of amides is 1. The number of nitrogens with two attached hydrogens (primary N) is 2. The van der Waals surface area contributed by atoms with E-state index in [2.05, 4.69) is 5.32 Å². The lowest BCUT2D eigenvalue weighted by Gasteiger charge is -2.09. The summed E-state index contributed by atoms with van der Waals surface area (Å²) in [5.74, 6) is -2.65. The van der Waals surface area contributed by atoms with Crippen molar-refractivity contribution in [3.8, 4) is 0 Å². The van der Waals surface area contributed by atoms with Crippen LogP contribution in [0.3, 0.4) is 0 Å². The lowest BCUT2D eigenvalue weighted by atomic mass is 10.2. The van der Waals surface area contributed by atoms with Gasteiger partial charge in [-0.1, -0.05) is 0 Å². The monoisotopic (exact) mass is 229 g/mol. The summed E-state index contributed by atoms with van der Waals surface area (Å²) in [6.07, 6.45) is 0.620. The van der Waals surface area contributed by atoms with Crippen LogP contribution in [-0.4, -0.2) is 12.5 Å². The lowest BCUT2D eigenvalue weighted by molar-refractivity contribution is -0.116. The summed E-state index contributed by atoms with van der Waals surface area (Å²) in [6.45, 7) is 0.356. The minimum atomic E-state index is -1.15. The van der Waals surface area contributed by atoms with Crippen LogP contribution in [-0.2, 0) is 4.79 Å². The summed E-state index contributed by atoms with van der Waals surface area (Å²) in [4.78, 5) is 11.3. The Bertz CT molecular complexity index is 396. The average molecular weight is 229 g/mol. The Kier molecular flexibility index (Phi) is 4.19. The fraction of sp³-hybridized carbons (Fsp3) is 0.300. The van der Waals surface area contributed by atoms with Crippen LogP contribution < -0.4 is 16.8 Å². The molecule has 0 aliphatic carbocycles. The Labute approximate surface area is 91.6 Å². The smallest absolute Gasteiger partial charge is 0.224 e. The number of nitrogens with one attached hydrogen (secondary N) is 1. The molecular weight excluding hydrogens is 216 g/mol. The van der Waals surface area contributed by atoms with E-state index in [1.54, 1.807) is 0 Å². The fourth-order valence-electron chi connectivity index (χ4n) is 1.16. The van der Waals surface area contributed by atoms with Crippen molar-refractivity contribution in [2.45, 2.75) is 12.8 Å².